The van der Waals surface area contributed by atoms with Crippen LogP contribution >= 0.6 is 0 Å². The Kier molecular flexibility index (Phi) is 6.43. The van der Waals surface area contributed by atoms with Gasteiger partial charge in [-0.15, -0.1) is 0 Å². The van der Waals surface area contributed by atoms with E-state index in [0.717, 1.165) is 52.6 Å². The van der Waals surface area contributed by atoms with E-state index in [9.17, 15) is 0 Å². The van der Waals surface area contributed by atoms with Crippen molar-refractivity contribution < 1.29 is 0 Å². The Morgan fingerprint density at radius 1 is 0.632 bits per heavy atom. The lowest BCUT2D eigenvalue weighted by atomic mass is 9.83. The maximum Gasteiger partial charge on any atom is 0.126 e. The quantitative estimate of drug-likeness (QED) is 0.246. The van der Waals surface area contributed by atoms with Crippen LogP contribution in [-0.2, 0) is 6.42 Å². The molecule has 1 atom stereocenters. The van der Waals surface area contributed by atoms with Crippen molar-refractivity contribution in [3.05, 3.63) is 137 Å². The fourth-order valence-electron chi connectivity index (χ4n) is 5.46. The molecule has 1 aliphatic rings. The topological polar surface area (TPSA) is 38.1 Å². The lowest BCUT2D eigenvalue weighted by Gasteiger charge is -2.25. The van der Waals surface area contributed by atoms with Crippen molar-refractivity contribution in [3.8, 4) is 22.4 Å². The predicted octanol–water partition coefficient (Wildman–Crippen LogP) is 8.59. The summed E-state index contributed by atoms with van der Waals surface area (Å²) in [6.45, 7) is 6.08. The van der Waals surface area contributed by atoms with Crippen LogP contribution in [0.1, 0.15) is 46.1 Å². The molecule has 0 fully saturated rings. The smallest absolute Gasteiger partial charge is 0.126 e. The zero-order chi connectivity index (χ0) is 26.1. The van der Waals surface area contributed by atoms with Crippen LogP contribution in [0, 0.1) is 20.8 Å². The van der Waals surface area contributed by atoms with Gasteiger partial charge >= 0.3 is 0 Å². The molecule has 6 rings (SSSR count). The number of benzene rings is 4. The minimum absolute atomic E-state index is 0.422. The Labute approximate surface area is 225 Å². The van der Waals surface area contributed by atoms with Gasteiger partial charge in [0, 0.05) is 17.0 Å². The van der Waals surface area contributed by atoms with Gasteiger partial charge in [0.25, 0.3) is 0 Å². The molecule has 1 aliphatic heterocycles. The molecule has 0 radical (unpaired) electrons. The molecule has 5 aromatic rings. The van der Waals surface area contributed by atoms with Crippen molar-refractivity contribution in [1.82, 2.24) is 9.97 Å². The minimum atomic E-state index is 0.422. The van der Waals surface area contributed by atoms with E-state index >= 15 is 0 Å². The Morgan fingerprint density at radius 2 is 1.24 bits per heavy atom. The van der Waals surface area contributed by atoms with Gasteiger partial charge in [0.1, 0.15) is 5.82 Å². The van der Waals surface area contributed by atoms with Crippen LogP contribution in [0.2, 0.25) is 0 Å². The Balaban J connectivity index is 1.25. The summed E-state index contributed by atoms with van der Waals surface area (Å²) in [4.78, 5) is 14.3. The van der Waals surface area contributed by atoms with Gasteiger partial charge in [-0.05, 0) is 79.0 Å². The summed E-state index contributed by atoms with van der Waals surface area (Å²) in [6, 6.07) is 36.9. The first-order chi connectivity index (χ1) is 18.5. The molecule has 1 unspecified atom stereocenters. The highest BCUT2D eigenvalue weighted by atomic mass is 14.9. The normalized spacial score (nSPS) is 14.6. The maximum atomic E-state index is 5.08. The van der Waals surface area contributed by atoms with Crippen LogP contribution in [0.15, 0.2) is 108 Å². The van der Waals surface area contributed by atoms with Crippen molar-refractivity contribution in [1.29, 1.82) is 0 Å². The molecule has 4 aromatic carbocycles. The van der Waals surface area contributed by atoms with E-state index < -0.39 is 0 Å². The van der Waals surface area contributed by atoms with E-state index in [1.807, 2.05) is 13.8 Å². The molecule has 0 amide bonds. The molecular formula is C35H31N3. The Hall–Kier alpha value is -4.37. The summed E-state index contributed by atoms with van der Waals surface area (Å²) < 4.78 is 0. The van der Waals surface area contributed by atoms with Gasteiger partial charge in [0.15, 0.2) is 0 Å². The van der Waals surface area contributed by atoms with Gasteiger partial charge in [0.05, 0.1) is 11.4 Å². The number of hydrogen-bond acceptors (Lipinski definition) is 3. The molecule has 1 aromatic heterocycles. The van der Waals surface area contributed by atoms with Crippen LogP contribution in [0.3, 0.4) is 0 Å². The second kappa shape index (κ2) is 10.2. The molecule has 38 heavy (non-hydrogen) atoms. The highest BCUT2D eigenvalue weighted by Gasteiger charge is 2.23. The van der Waals surface area contributed by atoms with Crippen LogP contribution in [0.4, 0.5) is 5.69 Å². The van der Waals surface area contributed by atoms with Crippen LogP contribution < -0.4 is 0 Å². The number of nitrogens with zero attached hydrogens (tertiary/aromatic N) is 3. The highest BCUT2D eigenvalue weighted by molar-refractivity contribution is 6.04. The first kappa shape index (κ1) is 24.0. The molecule has 0 spiro atoms. The van der Waals surface area contributed by atoms with Gasteiger partial charge in [-0.2, -0.15) is 0 Å². The molecule has 0 saturated heterocycles. The number of para-hydroxylation sites is 1. The Morgan fingerprint density at radius 3 is 1.95 bits per heavy atom. The highest BCUT2D eigenvalue weighted by Crippen LogP contribution is 2.38. The van der Waals surface area contributed by atoms with Crippen LogP contribution in [0.25, 0.3) is 22.4 Å². The van der Waals surface area contributed by atoms with E-state index in [4.69, 9.17) is 9.98 Å². The van der Waals surface area contributed by atoms with Gasteiger partial charge in [-0.3, -0.25) is 4.99 Å². The van der Waals surface area contributed by atoms with Crippen LogP contribution in [-0.4, -0.2) is 15.7 Å². The zero-order valence-corrected chi connectivity index (χ0v) is 22.1. The number of hydrogen-bond donors (Lipinski definition) is 0. The summed E-state index contributed by atoms with van der Waals surface area (Å²) in [6.07, 6.45) is 1.96. The minimum Gasteiger partial charge on any atom is -0.253 e. The molecular weight excluding hydrogens is 462 g/mol. The van der Waals surface area contributed by atoms with Crippen molar-refractivity contribution in [3.63, 3.8) is 0 Å². The molecule has 2 heterocycles. The van der Waals surface area contributed by atoms with E-state index in [0.29, 0.717) is 5.92 Å². The lowest BCUT2D eigenvalue weighted by molar-refractivity contribution is 0.705. The molecule has 0 aliphatic carbocycles. The SMILES string of the molecule is Cc1nc(C)c(C)c(-c2ccc(-c3ccc(C4=Nc5ccccc5C(Cc5ccccc5)C4)cc3)cc2)n1. The summed E-state index contributed by atoms with van der Waals surface area (Å²) in [7, 11) is 0. The van der Waals surface area contributed by atoms with E-state index in [2.05, 4.69) is 115 Å². The molecule has 0 saturated carbocycles. The predicted molar refractivity (Wildman–Crippen MR) is 157 cm³/mol. The van der Waals surface area contributed by atoms with E-state index in [-0.39, 0.29) is 0 Å². The maximum absolute atomic E-state index is 5.08. The number of aliphatic imine (C=N–C) groups is 1. The molecule has 0 bridgehead atoms. The van der Waals surface area contributed by atoms with Crippen molar-refractivity contribution in [2.24, 2.45) is 4.99 Å². The van der Waals surface area contributed by atoms with Crippen LogP contribution in [0.5, 0.6) is 0 Å². The number of aromatic nitrogens is 2. The zero-order valence-electron chi connectivity index (χ0n) is 22.1. The first-order valence-electron chi connectivity index (χ1n) is 13.3. The lowest BCUT2D eigenvalue weighted by Crippen LogP contribution is -2.15. The number of fused-ring (bicyclic) bond motifs is 1. The van der Waals surface area contributed by atoms with Crippen molar-refractivity contribution in [2.45, 2.75) is 39.5 Å². The third-order valence-corrected chi connectivity index (χ3v) is 7.61. The molecule has 3 nitrogen and oxygen atoms in total. The Bertz CT molecular complexity index is 1620. The number of aryl methyl sites for hydroxylation is 2. The van der Waals surface area contributed by atoms with E-state index in [1.165, 1.54) is 27.8 Å². The standard InChI is InChI=1S/C35H31N3/c1-23-24(2)36-25(3)37-35(23)30-19-15-28(16-20-30)27-13-17-29(18-14-27)34-22-31(21-26-9-5-4-6-10-26)32-11-7-8-12-33(32)38-34/h4-20,31H,21-22H2,1-3H3. The summed E-state index contributed by atoms with van der Waals surface area (Å²) in [5.41, 5.74) is 12.9. The molecule has 3 heteroatoms. The average molecular weight is 494 g/mol. The molecule has 0 N–H and O–H groups in total. The second-order valence-electron chi connectivity index (χ2n) is 10.2. The fourth-order valence-corrected chi connectivity index (χ4v) is 5.46. The average Bonchev–Trinajstić information content (AvgIpc) is 2.96. The largest absolute Gasteiger partial charge is 0.253 e. The first-order valence-corrected chi connectivity index (χ1v) is 13.3. The van der Waals surface area contributed by atoms with E-state index in [1.54, 1.807) is 0 Å². The third-order valence-electron chi connectivity index (χ3n) is 7.61. The van der Waals surface area contributed by atoms with Gasteiger partial charge in [-0.25, -0.2) is 9.97 Å². The summed E-state index contributed by atoms with van der Waals surface area (Å²) in [5.74, 6) is 1.23. The summed E-state index contributed by atoms with van der Waals surface area (Å²) >= 11 is 0. The molecule has 186 valence electrons. The summed E-state index contributed by atoms with van der Waals surface area (Å²) in [5, 5.41) is 0. The monoisotopic (exact) mass is 493 g/mol. The van der Waals surface area contributed by atoms with Crippen molar-refractivity contribution in [2.75, 3.05) is 0 Å². The van der Waals surface area contributed by atoms with Gasteiger partial charge in [0.2, 0.25) is 0 Å². The van der Waals surface area contributed by atoms with Crippen molar-refractivity contribution >= 4 is 11.4 Å². The number of rotatable bonds is 5. The van der Waals surface area contributed by atoms with Gasteiger partial charge < -0.3 is 0 Å². The fraction of sp³-hybridized carbons (Fsp3) is 0.171. The second-order valence-corrected chi connectivity index (χ2v) is 10.2. The third kappa shape index (κ3) is 4.80. The van der Waals surface area contributed by atoms with Gasteiger partial charge in [-0.1, -0.05) is 97.1 Å².